The molecule has 0 heterocycles. The first-order chi connectivity index (χ1) is 20.3. The van der Waals surface area contributed by atoms with Crippen LogP contribution in [0.2, 0.25) is 0 Å². The van der Waals surface area contributed by atoms with Crippen molar-refractivity contribution in [3.8, 4) is 16.9 Å². The lowest BCUT2D eigenvalue weighted by atomic mass is 9.86. The number of ether oxygens (including phenoxy) is 1. The standard InChI is InChI=1S/C31H31NO.C2H5N.CH5N.2CH2O/c1-31(2,3)26-15-12-23(13-16-26)25-14-19-30(32)29(21-25)28(24-8-6-5-7-9-24)20-22-10-17-27(33-4)18-11-22;1-2-3;3*1-2/h5-21H,32H2,1-4H3;2H,1,3H2;2H2,1H3;2*1H2/b28-20+;;;;. The van der Waals surface area contributed by atoms with Crippen molar-refractivity contribution in [2.45, 2.75) is 26.2 Å². The fraction of sp³-hybridized carbons (Fsp3) is 0.167. The molecule has 222 valence electrons. The van der Waals surface area contributed by atoms with Crippen molar-refractivity contribution in [3.05, 3.63) is 132 Å². The third kappa shape index (κ3) is 11.3. The quantitative estimate of drug-likeness (QED) is 0.174. The fourth-order valence-corrected chi connectivity index (χ4v) is 3.93. The fourth-order valence-electron chi connectivity index (χ4n) is 3.93. The van der Waals surface area contributed by atoms with Crippen LogP contribution in [0.1, 0.15) is 43.0 Å². The van der Waals surface area contributed by atoms with Gasteiger partial charge in [-0.1, -0.05) is 100 Å². The Balaban J connectivity index is 0.00000169. The number of methoxy groups -OCH3 is 1. The third-order valence-electron chi connectivity index (χ3n) is 5.94. The zero-order valence-electron chi connectivity index (χ0n) is 25.5. The predicted molar refractivity (Wildman–Crippen MR) is 180 cm³/mol. The van der Waals surface area contributed by atoms with E-state index in [-0.39, 0.29) is 5.41 Å². The maximum Gasteiger partial charge on any atom is 0.118 e. The molecule has 0 aliphatic heterocycles. The number of hydrogen-bond donors (Lipinski definition) is 3. The number of benzene rings is 4. The van der Waals surface area contributed by atoms with E-state index in [9.17, 15) is 0 Å². The highest BCUT2D eigenvalue weighted by Gasteiger charge is 2.14. The number of nitrogens with two attached hydrogens (primary N) is 3. The van der Waals surface area contributed by atoms with Crippen molar-refractivity contribution in [1.82, 2.24) is 0 Å². The minimum atomic E-state index is 0.131. The minimum absolute atomic E-state index is 0.131. The molecule has 0 fully saturated rings. The van der Waals surface area contributed by atoms with E-state index in [1.165, 1.54) is 24.4 Å². The summed E-state index contributed by atoms with van der Waals surface area (Å²) in [5.74, 6) is 0.841. The van der Waals surface area contributed by atoms with Gasteiger partial charge >= 0.3 is 0 Å². The van der Waals surface area contributed by atoms with E-state index in [1.807, 2.05) is 37.8 Å². The molecule has 0 aliphatic carbocycles. The summed E-state index contributed by atoms with van der Waals surface area (Å²) in [6.45, 7) is 13.8. The largest absolute Gasteiger partial charge is 0.497 e. The molecule has 6 N–H and O–H groups in total. The van der Waals surface area contributed by atoms with E-state index in [0.29, 0.717) is 0 Å². The SMILES string of the molecule is C=CN.C=O.C=O.CN.COc1ccc(/C=C(\c2ccccc2)c2cc(-c3ccc(C(C)(C)C)cc3)ccc2N)cc1. The van der Waals surface area contributed by atoms with E-state index < -0.39 is 0 Å². The molecule has 4 aromatic carbocycles. The van der Waals surface area contributed by atoms with E-state index in [0.717, 1.165) is 39.3 Å². The van der Waals surface area contributed by atoms with Gasteiger partial charge in [-0.2, -0.15) is 0 Å². The molecule has 42 heavy (non-hydrogen) atoms. The van der Waals surface area contributed by atoms with E-state index in [2.05, 4.69) is 118 Å². The van der Waals surface area contributed by atoms with Crippen LogP contribution in [-0.4, -0.2) is 27.7 Å². The number of hydrogen-bond acceptors (Lipinski definition) is 6. The van der Waals surface area contributed by atoms with Crippen molar-refractivity contribution in [1.29, 1.82) is 0 Å². The molecule has 4 aromatic rings. The molecular weight excluding hydrogens is 522 g/mol. The summed E-state index contributed by atoms with van der Waals surface area (Å²) in [6.07, 6.45) is 3.44. The second-order valence-electron chi connectivity index (χ2n) is 9.56. The van der Waals surface area contributed by atoms with Crippen molar-refractivity contribution in [3.63, 3.8) is 0 Å². The van der Waals surface area contributed by atoms with Crippen LogP contribution in [-0.2, 0) is 15.0 Å². The summed E-state index contributed by atoms with van der Waals surface area (Å²) in [7, 11) is 3.18. The zero-order valence-corrected chi connectivity index (χ0v) is 25.5. The molecule has 0 saturated carbocycles. The molecule has 6 heteroatoms. The molecule has 0 amide bonds. The Morgan fingerprint density at radius 1 is 0.762 bits per heavy atom. The Morgan fingerprint density at radius 2 is 1.26 bits per heavy atom. The molecular formula is C36H45N3O3. The topological polar surface area (TPSA) is 121 Å². The van der Waals surface area contributed by atoms with Crippen molar-refractivity contribution >= 4 is 30.9 Å². The number of anilines is 1. The first-order valence-electron chi connectivity index (χ1n) is 13.2. The summed E-state index contributed by atoms with van der Waals surface area (Å²) < 4.78 is 5.32. The van der Waals surface area contributed by atoms with E-state index in [4.69, 9.17) is 20.1 Å². The molecule has 0 saturated heterocycles. The third-order valence-corrected chi connectivity index (χ3v) is 5.94. The van der Waals surface area contributed by atoms with E-state index in [1.54, 1.807) is 7.11 Å². The molecule has 0 aromatic heterocycles. The van der Waals surface area contributed by atoms with Crippen molar-refractivity contribution < 1.29 is 14.3 Å². The maximum absolute atomic E-state index is 8.00. The Kier molecular flexibility index (Phi) is 17.7. The smallest absolute Gasteiger partial charge is 0.118 e. The van der Waals surface area contributed by atoms with Gasteiger partial charge in [0.05, 0.1) is 7.11 Å². The summed E-state index contributed by atoms with van der Waals surface area (Å²) in [6, 6.07) is 33.6. The van der Waals surface area contributed by atoms with Gasteiger partial charge in [0, 0.05) is 11.3 Å². The lowest BCUT2D eigenvalue weighted by Gasteiger charge is -2.19. The van der Waals surface area contributed by atoms with Crippen LogP contribution >= 0.6 is 0 Å². The van der Waals surface area contributed by atoms with E-state index >= 15 is 0 Å². The normalized spacial score (nSPS) is 10.0. The van der Waals surface area contributed by atoms with Crippen LogP contribution in [0.25, 0.3) is 22.8 Å². The lowest BCUT2D eigenvalue weighted by Crippen LogP contribution is -2.10. The van der Waals surface area contributed by atoms with Crippen LogP contribution < -0.4 is 21.9 Å². The Labute approximate surface area is 251 Å². The van der Waals surface area contributed by atoms with Gasteiger partial charge in [-0.25, -0.2) is 0 Å². The summed E-state index contributed by atoms with van der Waals surface area (Å²) in [4.78, 5) is 16.0. The molecule has 0 bridgehead atoms. The first-order valence-corrected chi connectivity index (χ1v) is 13.2. The summed E-state index contributed by atoms with van der Waals surface area (Å²) in [5, 5.41) is 0. The lowest BCUT2D eigenvalue weighted by molar-refractivity contribution is -0.0987. The van der Waals surface area contributed by atoms with Gasteiger partial charge in [-0.15, -0.1) is 0 Å². The molecule has 4 rings (SSSR count). The number of rotatable bonds is 5. The number of nitrogen functional groups attached to an aromatic ring is 1. The second-order valence-corrected chi connectivity index (χ2v) is 9.56. The molecule has 0 atom stereocenters. The summed E-state index contributed by atoms with van der Waals surface area (Å²) >= 11 is 0. The molecule has 0 unspecified atom stereocenters. The average molecular weight is 568 g/mol. The second kappa shape index (κ2) is 20.0. The molecule has 0 radical (unpaired) electrons. The van der Waals surface area contributed by atoms with Gasteiger partial charge in [-0.05, 0) is 82.4 Å². The highest BCUT2D eigenvalue weighted by molar-refractivity contribution is 5.96. The van der Waals surface area contributed by atoms with Crippen LogP contribution in [0.4, 0.5) is 5.69 Å². The summed E-state index contributed by atoms with van der Waals surface area (Å²) in [5.41, 5.74) is 24.5. The predicted octanol–water partition coefficient (Wildman–Crippen LogP) is 7.12. The first kappa shape index (κ1) is 37.1. The Bertz CT molecular complexity index is 1340. The zero-order chi connectivity index (χ0) is 32.1. The highest BCUT2D eigenvalue weighted by atomic mass is 16.5. The van der Waals surface area contributed by atoms with Gasteiger partial charge in [0.25, 0.3) is 0 Å². The van der Waals surface area contributed by atoms with Gasteiger partial charge in [0.1, 0.15) is 19.3 Å². The van der Waals surface area contributed by atoms with Crippen LogP contribution in [0.5, 0.6) is 5.75 Å². The van der Waals surface area contributed by atoms with Gasteiger partial charge in [-0.3, -0.25) is 0 Å². The minimum Gasteiger partial charge on any atom is -0.497 e. The van der Waals surface area contributed by atoms with Crippen LogP contribution in [0.3, 0.4) is 0 Å². The van der Waals surface area contributed by atoms with Crippen LogP contribution in [0.15, 0.2) is 110 Å². The molecule has 0 aliphatic rings. The maximum atomic E-state index is 8.00. The van der Waals surface area contributed by atoms with Crippen molar-refractivity contribution in [2.75, 3.05) is 19.9 Å². The Hall–Kier alpha value is -4.94. The van der Waals surface area contributed by atoms with Crippen molar-refractivity contribution in [2.24, 2.45) is 11.5 Å². The molecule has 6 nitrogen and oxygen atoms in total. The highest BCUT2D eigenvalue weighted by Crippen LogP contribution is 2.34. The number of carbonyl (C=O) groups excluding carboxylic acids is 2. The van der Waals surface area contributed by atoms with Gasteiger partial charge < -0.3 is 31.5 Å². The monoisotopic (exact) mass is 567 g/mol. The Morgan fingerprint density at radius 3 is 1.74 bits per heavy atom. The average Bonchev–Trinajstić information content (AvgIpc) is 3.04. The van der Waals surface area contributed by atoms with Gasteiger partial charge in [0.15, 0.2) is 0 Å². The molecule has 0 spiro atoms. The van der Waals surface area contributed by atoms with Gasteiger partial charge in [0.2, 0.25) is 0 Å². The van der Waals surface area contributed by atoms with Crippen LogP contribution in [0, 0.1) is 0 Å². The number of carbonyl (C=O) groups is 2.